The monoisotopic (exact) mass is 155 g/mol. The van der Waals surface area contributed by atoms with Gasteiger partial charge in [0.15, 0.2) is 0 Å². The predicted octanol–water partition coefficient (Wildman–Crippen LogP) is 2.41. The molecule has 1 rings (SSSR count). The van der Waals surface area contributed by atoms with Crippen LogP contribution < -0.4 is 5.73 Å². The molecule has 1 saturated carbocycles. The van der Waals surface area contributed by atoms with Crippen LogP contribution in [0.4, 0.5) is 0 Å². The quantitative estimate of drug-likeness (QED) is 0.651. The standard InChI is InChI=1S/C10H21N/c1-4-7(2)9-5-6-10(11)8(9)3/h7-10H,4-6,11H2,1-3H3. The van der Waals surface area contributed by atoms with E-state index in [1.54, 1.807) is 0 Å². The average molecular weight is 155 g/mol. The van der Waals surface area contributed by atoms with E-state index < -0.39 is 0 Å². The Morgan fingerprint density at radius 3 is 2.45 bits per heavy atom. The second kappa shape index (κ2) is 3.57. The fourth-order valence-electron chi connectivity index (χ4n) is 2.33. The van der Waals surface area contributed by atoms with Crippen molar-refractivity contribution in [2.75, 3.05) is 0 Å². The summed E-state index contributed by atoms with van der Waals surface area (Å²) >= 11 is 0. The van der Waals surface area contributed by atoms with E-state index in [1.165, 1.54) is 19.3 Å². The summed E-state index contributed by atoms with van der Waals surface area (Å²) in [7, 11) is 0. The minimum Gasteiger partial charge on any atom is -0.327 e. The van der Waals surface area contributed by atoms with Gasteiger partial charge in [-0.1, -0.05) is 27.2 Å². The predicted molar refractivity (Wildman–Crippen MR) is 49.3 cm³/mol. The maximum Gasteiger partial charge on any atom is 0.00673 e. The van der Waals surface area contributed by atoms with Crippen molar-refractivity contribution < 1.29 is 0 Å². The maximum atomic E-state index is 5.96. The lowest BCUT2D eigenvalue weighted by atomic mass is 9.84. The van der Waals surface area contributed by atoms with Crippen LogP contribution in [-0.2, 0) is 0 Å². The molecule has 1 aliphatic rings. The Labute approximate surface area is 70.4 Å². The van der Waals surface area contributed by atoms with Crippen molar-refractivity contribution >= 4 is 0 Å². The third kappa shape index (κ3) is 1.76. The largest absolute Gasteiger partial charge is 0.327 e. The zero-order valence-corrected chi connectivity index (χ0v) is 8.01. The van der Waals surface area contributed by atoms with Crippen molar-refractivity contribution in [3.05, 3.63) is 0 Å². The van der Waals surface area contributed by atoms with Crippen LogP contribution in [-0.4, -0.2) is 6.04 Å². The lowest BCUT2D eigenvalue weighted by molar-refractivity contribution is 0.277. The molecule has 4 unspecified atom stereocenters. The summed E-state index contributed by atoms with van der Waals surface area (Å²) in [5.74, 6) is 2.53. The first-order valence-corrected chi connectivity index (χ1v) is 4.92. The molecule has 0 aromatic heterocycles. The van der Waals surface area contributed by atoms with Gasteiger partial charge in [-0.25, -0.2) is 0 Å². The number of hydrogen-bond donors (Lipinski definition) is 1. The molecule has 0 aromatic carbocycles. The van der Waals surface area contributed by atoms with Gasteiger partial charge in [0, 0.05) is 6.04 Å². The van der Waals surface area contributed by atoms with Crippen LogP contribution in [0.15, 0.2) is 0 Å². The first-order valence-electron chi connectivity index (χ1n) is 4.92. The molecule has 0 amide bonds. The molecule has 2 N–H and O–H groups in total. The van der Waals surface area contributed by atoms with Gasteiger partial charge in [0.1, 0.15) is 0 Å². The molecule has 0 bridgehead atoms. The van der Waals surface area contributed by atoms with Crippen molar-refractivity contribution in [2.24, 2.45) is 23.5 Å². The van der Waals surface area contributed by atoms with Crippen LogP contribution >= 0.6 is 0 Å². The average Bonchev–Trinajstić information content (AvgIpc) is 2.32. The van der Waals surface area contributed by atoms with Crippen molar-refractivity contribution in [2.45, 2.75) is 46.1 Å². The van der Waals surface area contributed by atoms with E-state index in [4.69, 9.17) is 5.73 Å². The smallest absolute Gasteiger partial charge is 0.00673 e. The molecule has 1 fully saturated rings. The third-order valence-electron chi connectivity index (χ3n) is 3.56. The van der Waals surface area contributed by atoms with Gasteiger partial charge in [-0.15, -0.1) is 0 Å². The summed E-state index contributed by atoms with van der Waals surface area (Å²) in [4.78, 5) is 0. The number of hydrogen-bond acceptors (Lipinski definition) is 1. The Bertz CT molecular complexity index is 122. The molecule has 0 spiro atoms. The zero-order chi connectivity index (χ0) is 8.43. The summed E-state index contributed by atoms with van der Waals surface area (Å²) in [6.45, 7) is 6.95. The highest BCUT2D eigenvalue weighted by Gasteiger charge is 2.32. The summed E-state index contributed by atoms with van der Waals surface area (Å²) < 4.78 is 0. The van der Waals surface area contributed by atoms with Gasteiger partial charge in [-0.05, 0) is 30.6 Å². The molecule has 0 saturated heterocycles. The van der Waals surface area contributed by atoms with Gasteiger partial charge in [0.05, 0.1) is 0 Å². The highest BCUT2D eigenvalue weighted by atomic mass is 14.7. The number of rotatable bonds is 2. The minimum atomic E-state index is 0.481. The topological polar surface area (TPSA) is 26.0 Å². The Balaban J connectivity index is 2.47. The highest BCUT2D eigenvalue weighted by Crippen LogP contribution is 2.36. The molecule has 66 valence electrons. The molecule has 1 heteroatoms. The van der Waals surface area contributed by atoms with Crippen molar-refractivity contribution in [1.82, 2.24) is 0 Å². The summed E-state index contributed by atoms with van der Waals surface area (Å²) in [6, 6.07) is 0.481. The molecule has 0 aliphatic heterocycles. The SMILES string of the molecule is CCC(C)C1CCC(N)C1C. The molecular formula is C10H21N. The van der Waals surface area contributed by atoms with Gasteiger partial charge in [0.2, 0.25) is 0 Å². The molecule has 0 radical (unpaired) electrons. The first-order chi connectivity index (χ1) is 5.16. The molecule has 0 heterocycles. The highest BCUT2D eigenvalue weighted by molar-refractivity contribution is 4.86. The van der Waals surface area contributed by atoms with Gasteiger partial charge in [0.25, 0.3) is 0 Å². The van der Waals surface area contributed by atoms with Crippen molar-refractivity contribution in [1.29, 1.82) is 0 Å². The second-order valence-corrected chi connectivity index (χ2v) is 4.15. The van der Waals surface area contributed by atoms with E-state index in [0.29, 0.717) is 6.04 Å². The van der Waals surface area contributed by atoms with Crippen molar-refractivity contribution in [3.8, 4) is 0 Å². The van der Waals surface area contributed by atoms with E-state index >= 15 is 0 Å². The van der Waals surface area contributed by atoms with Crippen LogP contribution in [0.3, 0.4) is 0 Å². The summed E-state index contributed by atoms with van der Waals surface area (Å²) in [5.41, 5.74) is 5.96. The Morgan fingerprint density at radius 2 is 2.09 bits per heavy atom. The molecule has 11 heavy (non-hydrogen) atoms. The van der Waals surface area contributed by atoms with Gasteiger partial charge in [-0.3, -0.25) is 0 Å². The second-order valence-electron chi connectivity index (χ2n) is 4.15. The van der Waals surface area contributed by atoms with Crippen LogP contribution in [0, 0.1) is 17.8 Å². The van der Waals surface area contributed by atoms with E-state index in [9.17, 15) is 0 Å². The normalized spacial score (nSPS) is 40.9. The number of nitrogens with two attached hydrogens (primary N) is 1. The Morgan fingerprint density at radius 1 is 1.45 bits per heavy atom. The third-order valence-corrected chi connectivity index (χ3v) is 3.56. The van der Waals surface area contributed by atoms with E-state index in [-0.39, 0.29) is 0 Å². The molecule has 4 atom stereocenters. The van der Waals surface area contributed by atoms with Gasteiger partial charge < -0.3 is 5.73 Å². The first kappa shape index (κ1) is 9.05. The Kier molecular flexibility index (Phi) is 2.94. The van der Waals surface area contributed by atoms with Gasteiger partial charge in [-0.2, -0.15) is 0 Å². The maximum absolute atomic E-state index is 5.96. The van der Waals surface area contributed by atoms with Crippen LogP contribution in [0.1, 0.15) is 40.0 Å². The fraction of sp³-hybridized carbons (Fsp3) is 1.00. The lowest BCUT2D eigenvalue weighted by Crippen LogP contribution is -2.27. The molecule has 1 aliphatic carbocycles. The zero-order valence-electron chi connectivity index (χ0n) is 8.01. The fourth-order valence-corrected chi connectivity index (χ4v) is 2.33. The molecule has 1 nitrogen and oxygen atoms in total. The summed E-state index contributed by atoms with van der Waals surface area (Å²) in [5, 5.41) is 0. The summed E-state index contributed by atoms with van der Waals surface area (Å²) in [6.07, 6.45) is 3.91. The molecular weight excluding hydrogens is 134 g/mol. The van der Waals surface area contributed by atoms with E-state index in [0.717, 1.165) is 17.8 Å². The van der Waals surface area contributed by atoms with Gasteiger partial charge >= 0.3 is 0 Å². The van der Waals surface area contributed by atoms with Crippen molar-refractivity contribution in [3.63, 3.8) is 0 Å². The van der Waals surface area contributed by atoms with E-state index in [1.807, 2.05) is 0 Å². The van der Waals surface area contributed by atoms with Crippen LogP contribution in [0.2, 0.25) is 0 Å². The van der Waals surface area contributed by atoms with Crippen LogP contribution in [0.25, 0.3) is 0 Å². The lowest BCUT2D eigenvalue weighted by Gasteiger charge is -2.23. The minimum absolute atomic E-state index is 0.481. The Hall–Kier alpha value is -0.0400. The van der Waals surface area contributed by atoms with E-state index in [2.05, 4.69) is 20.8 Å². The van der Waals surface area contributed by atoms with Crippen LogP contribution in [0.5, 0.6) is 0 Å². The molecule has 0 aromatic rings.